The summed E-state index contributed by atoms with van der Waals surface area (Å²) in [6.07, 6.45) is 3.66. The van der Waals surface area contributed by atoms with Gasteiger partial charge in [-0.1, -0.05) is 25.0 Å². The fourth-order valence-corrected chi connectivity index (χ4v) is 0.929. The second kappa shape index (κ2) is 6.66. The van der Waals surface area contributed by atoms with E-state index in [1.165, 1.54) is 5.57 Å². The van der Waals surface area contributed by atoms with Crippen molar-refractivity contribution in [2.75, 3.05) is 6.54 Å². The van der Waals surface area contributed by atoms with Crippen LogP contribution in [0.1, 0.15) is 33.6 Å². The van der Waals surface area contributed by atoms with Crippen molar-refractivity contribution in [2.24, 2.45) is 5.73 Å². The van der Waals surface area contributed by atoms with Crippen LogP contribution in [0.5, 0.6) is 0 Å². The van der Waals surface area contributed by atoms with Gasteiger partial charge in [-0.15, -0.1) is 0 Å². The summed E-state index contributed by atoms with van der Waals surface area (Å²) in [5, 5.41) is 2.76. The predicted molar refractivity (Wildman–Crippen MR) is 55.3 cm³/mol. The standard InChI is InChI=1S/C10H20N2O/c1-4-5-9(11)10(13)12-7-6-8(2)3/h6,9H,4-5,7,11H2,1-3H3,(H,12,13)/t9-/m1/s1. The topological polar surface area (TPSA) is 55.1 Å². The summed E-state index contributed by atoms with van der Waals surface area (Å²) in [5.74, 6) is -0.0562. The molecule has 0 aliphatic carbocycles. The van der Waals surface area contributed by atoms with Crippen LogP contribution in [0.3, 0.4) is 0 Å². The Morgan fingerprint density at radius 2 is 2.15 bits per heavy atom. The molecule has 3 heteroatoms. The number of carbonyl (C=O) groups excluding carboxylic acids is 1. The van der Waals surface area contributed by atoms with Gasteiger partial charge in [-0.05, 0) is 20.3 Å². The van der Waals surface area contributed by atoms with E-state index in [2.05, 4.69) is 5.32 Å². The largest absolute Gasteiger partial charge is 0.351 e. The maximum Gasteiger partial charge on any atom is 0.237 e. The van der Waals surface area contributed by atoms with Crippen LogP contribution in [-0.4, -0.2) is 18.5 Å². The van der Waals surface area contributed by atoms with Gasteiger partial charge in [-0.2, -0.15) is 0 Å². The predicted octanol–water partition coefficient (Wildman–Crippen LogP) is 1.20. The molecular formula is C10H20N2O. The second-order valence-corrected chi connectivity index (χ2v) is 3.42. The molecule has 0 unspecified atom stereocenters. The van der Waals surface area contributed by atoms with E-state index in [9.17, 15) is 4.79 Å². The van der Waals surface area contributed by atoms with Gasteiger partial charge in [0.25, 0.3) is 0 Å². The van der Waals surface area contributed by atoms with Gasteiger partial charge in [0.2, 0.25) is 5.91 Å². The van der Waals surface area contributed by atoms with Crippen molar-refractivity contribution in [2.45, 2.75) is 39.7 Å². The van der Waals surface area contributed by atoms with Gasteiger partial charge in [-0.25, -0.2) is 0 Å². The van der Waals surface area contributed by atoms with E-state index >= 15 is 0 Å². The Morgan fingerprint density at radius 1 is 1.54 bits per heavy atom. The average molecular weight is 184 g/mol. The number of rotatable bonds is 5. The zero-order valence-electron chi connectivity index (χ0n) is 8.76. The molecule has 1 atom stereocenters. The maximum atomic E-state index is 11.2. The van der Waals surface area contributed by atoms with Crippen LogP contribution < -0.4 is 11.1 Å². The molecule has 0 heterocycles. The molecule has 13 heavy (non-hydrogen) atoms. The Labute approximate surface area is 80.4 Å². The second-order valence-electron chi connectivity index (χ2n) is 3.42. The summed E-state index contributed by atoms with van der Waals surface area (Å²) in [6.45, 7) is 6.60. The normalized spacial score (nSPS) is 12.0. The van der Waals surface area contributed by atoms with Gasteiger partial charge in [0.15, 0.2) is 0 Å². The highest BCUT2D eigenvalue weighted by molar-refractivity contribution is 5.81. The molecule has 0 radical (unpaired) electrons. The highest BCUT2D eigenvalue weighted by Gasteiger charge is 2.09. The molecule has 1 amide bonds. The fourth-order valence-electron chi connectivity index (χ4n) is 0.929. The van der Waals surface area contributed by atoms with Crippen LogP contribution in [0, 0.1) is 0 Å². The van der Waals surface area contributed by atoms with Crippen LogP contribution in [0.4, 0.5) is 0 Å². The first kappa shape index (κ1) is 12.2. The molecule has 0 spiro atoms. The van der Waals surface area contributed by atoms with Crippen LogP contribution in [-0.2, 0) is 4.79 Å². The highest BCUT2D eigenvalue weighted by atomic mass is 16.2. The molecule has 3 nitrogen and oxygen atoms in total. The van der Waals surface area contributed by atoms with E-state index in [-0.39, 0.29) is 11.9 Å². The fraction of sp³-hybridized carbons (Fsp3) is 0.700. The molecule has 0 fully saturated rings. The van der Waals surface area contributed by atoms with Crippen molar-refractivity contribution >= 4 is 5.91 Å². The van der Waals surface area contributed by atoms with E-state index in [0.29, 0.717) is 6.54 Å². The van der Waals surface area contributed by atoms with E-state index in [1.807, 2.05) is 26.8 Å². The minimum atomic E-state index is -0.351. The lowest BCUT2D eigenvalue weighted by Crippen LogP contribution is -2.40. The van der Waals surface area contributed by atoms with E-state index in [4.69, 9.17) is 5.73 Å². The van der Waals surface area contributed by atoms with Crippen LogP contribution in [0.15, 0.2) is 11.6 Å². The van der Waals surface area contributed by atoms with E-state index in [1.54, 1.807) is 0 Å². The number of hydrogen-bond acceptors (Lipinski definition) is 2. The Morgan fingerprint density at radius 3 is 2.62 bits per heavy atom. The molecule has 0 rings (SSSR count). The number of hydrogen-bond donors (Lipinski definition) is 2. The van der Waals surface area contributed by atoms with Gasteiger partial charge in [0, 0.05) is 6.54 Å². The molecule has 76 valence electrons. The molecule has 0 aromatic rings. The number of amides is 1. The minimum absolute atomic E-state index is 0.0562. The zero-order valence-corrected chi connectivity index (χ0v) is 8.76. The van der Waals surface area contributed by atoms with Crippen LogP contribution in [0.2, 0.25) is 0 Å². The monoisotopic (exact) mass is 184 g/mol. The Hall–Kier alpha value is -0.830. The van der Waals surface area contributed by atoms with E-state index < -0.39 is 0 Å². The number of carbonyl (C=O) groups is 1. The summed E-state index contributed by atoms with van der Waals surface area (Å²) in [7, 11) is 0. The molecule has 0 aliphatic heterocycles. The Balaban J connectivity index is 3.68. The molecular weight excluding hydrogens is 164 g/mol. The first-order chi connectivity index (χ1) is 6.07. The van der Waals surface area contributed by atoms with Gasteiger partial charge in [0.05, 0.1) is 6.04 Å². The Bertz CT molecular complexity index is 183. The SMILES string of the molecule is CCC[C@@H](N)C(=O)NCC=C(C)C. The number of nitrogens with one attached hydrogen (secondary N) is 1. The highest BCUT2D eigenvalue weighted by Crippen LogP contribution is 1.93. The third-order valence-electron chi connectivity index (χ3n) is 1.72. The molecule has 0 saturated carbocycles. The van der Waals surface area contributed by atoms with Gasteiger partial charge in [-0.3, -0.25) is 4.79 Å². The average Bonchev–Trinajstić information content (AvgIpc) is 2.04. The van der Waals surface area contributed by atoms with Crippen LogP contribution >= 0.6 is 0 Å². The Kier molecular flexibility index (Phi) is 6.24. The molecule has 0 aromatic carbocycles. The van der Waals surface area contributed by atoms with Gasteiger partial charge >= 0.3 is 0 Å². The minimum Gasteiger partial charge on any atom is -0.351 e. The summed E-state index contributed by atoms with van der Waals surface area (Å²) in [5.41, 5.74) is 6.81. The van der Waals surface area contributed by atoms with E-state index in [0.717, 1.165) is 12.8 Å². The summed E-state index contributed by atoms with van der Waals surface area (Å²) < 4.78 is 0. The maximum absolute atomic E-state index is 11.2. The first-order valence-electron chi connectivity index (χ1n) is 4.74. The summed E-state index contributed by atoms with van der Waals surface area (Å²) in [4.78, 5) is 11.2. The lowest BCUT2D eigenvalue weighted by Gasteiger charge is -2.09. The van der Waals surface area contributed by atoms with Crippen molar-refractivity contribution in [1.29, 1.82) is 0 Å². The van der Waals surface area contributed by atoms with Gasteiger partial charge in [0.1, 0.15) is 0 Å². The number of nitrogens with two attached hydrogens (primary N) is 1. The summed E-state index contributed by atoms with van der Waals surface area (Å²) >= 11 is 0. The third-order valence-corrected chi connectivity index (χ3v) is 1.72. The zero-order chi connectivity index (χ0) is 10.3. The molecule has 0 aliphatic rings. The van der Waals surface area contributed by atoms with Crippen molar-refractivity contribution in [1.82, 2.24) is 5.32 Å². The smallest absolute Gasteiger partial charge is 0.237 e. The lowest BCUT2D eigenvalue weighted by molar-refractivity contribution is -0.122. The lowest BCUT2D eigenvalue weighted by atomic mass is 10.2. The number of allylic oxidation sites excluding steroid dienone is 1. The van der Waals surface area contributed by atoms with Gasteiger partial charge < -0.3 is 11.1 Å². The molecule has 0 saturated heterocycles. The third kappa shape index (κ3) is 6.34. The summed E-state index contributed by atoms with van der Waals surface area (Å²) in [6, 6.07) is -0.351. The first-order valence-corrected chi connectivity index (χ1v) is 4.74. The van der Waals surface area contributed by atoms with Crippen molar-refractivity contribution in [3.8, 4) is 0 Å². The van der Waals surface area contributed by atoms with Crippen molar-refractivity contribution in [3.63, 3.8) is 0 Å². The molecule has 0 bridgehead atoms. The quantitative estimate of drug-likeness (QED) is 0.631. The molecule has 3 N–H and O–H groups in total. The van der Waals surface area contributed by atoms with Crippen LogP contribution in [0.25, 0.3) is 0 Å². The van der Waals surface area contributed by atoms with Crippen molar-refractivity contribution in [3.05, 3.63) is 11.6 Å². The van der Waals surface area contributed by atoms with Crippen molar-refractivity contribution < 1.29 is 4.79 Å². The molecule has 0 aromatic heterocycles.